The van der Waals surface area contributed by atoms with Gasteiger partial charge in [0.15, 0.2) is 0 Å². The lowest BCUT2D eigenvalue weighted by Gasteiger charge is -2.18. The summed E-state index contributed by atoms with van der Waals surface area (Å²) in [5.74, 6) is -0.651. The molecule has 2 atom stereocenters. The minimum Gasteiger partial charge on any atom is -0.388 e. The predicted molar refractivity (Wildman–Crippen MR) is 79.3 cm³/mol. The van der Waals surface area contributed by atoms with Crippen LogP contribution in [0.5, 0.6) is 0 Å². The molecule has 0 aliphatic carbocycles. The van der Waals surface area contributed by atoms with Crippen molar-refractivity contribution in [2.24, 2.45) is 0 Å². The highest BCUT2D eigenvalue weighted by molar-refractivity contribution is 5.94. The van der Waals surface area contributed by atoms with Crippen LogP contribution >= 0.6 is 0 Å². The van der Waals surface area contributed by atoms with E-state index in [1.54, 1.807) is 0 Å². The summed E-state index contributed by atoms with van der Waals surface area (Å²) < 4.78 is 12.8. The molecule has 0 radical (unpaired) electrons. The summed E-state index contributed by atoms with van der Waals surface area (Å²) in [5, 5.41) is 12.9. The van der Waals surface area contributed by atoms with E-state index in [1.807, 2.05) is 37.3 Å². The zero-order chi connectivity index (χ0) is 15.2. The molecule has 4 heteroatoms. The van der Waals surface area contributed by atoms with Crippen LogP contribution in [0.2, 0.25) is 0 Å². The van der Waals surface area contributed by atoms with Gasteiger partial charge in [0.2, 0.25) is 0 Å². The van der Waals surface area contributed by atoms with Crippen LogP contribution in [0.1, 0.15) is 35.4 Å². The summed E-state index contributed by atoms with van der Waals surface area (Å²) in [5.41, 5.74) is 1.22. The molecule has 0 fully saturated rings. The minimum absolute atomic E-state index is 0.197. The highest BCUT2D eigenvalue weighted by Gasteiger charge is 2.15. The van der Waals surface area contributed by atoms with E-state index in [9.17, 15) is 14.3 Å². The van der Waals surface area contributed by atoms with Crippen LogP contribution in [0.15, 0.2) is 54.6 Å². The normalized spacial score (nSPS) is 13.5. The van der Waals surface area contributed by atoms with Crippen molar-refractivity contribution >= 4 is 5.91 Å². The molecule has 21 heavy (non-hydrogen) atoms. The third-order valence-electron chi connectivity index (χ3n) is 3.25. The molecule has 0 saturated carbocycles. The molecule has 0 unspecified atom stereocenters. The zero-order valence-electron chi connectivity index (χ0n) is 11.8. The third kappa shape index (κ3) is 4.39. The van der Waals surface area contributed by atoms with Gasteiger partial charge in [0.1, 0.15) is 5.82 Å². The fraction of sp³-hybridized carbons (Fsp3) is 0.235. The van der Waals surface area contributed by atoms with E-state index in [-0.39, 0.29) is 17.8 Å². The third-order valence-corrected chi connectivity index (χ3v) is 3.25. The number of nitrogens with one attached hydrogen (secondary N) is 1. The second-order valence-electron chi connectivity index (χ2n) is 5.04. The summed E-state index contributed by atoms with van der Waals surface area (Å²) >= 11 is 0. The predicted octanol–water partition coefficient (Wildman–Crippen LogP) is 3.07. The molecule has 0 aliphatic heterocycles. The van der Waals surface area contributed by atoms with Gasteiger partial charge in [0.25, 0.3) is 5.91 Å². The molecular formula is C17H18FNO2. The van der Waals surface area contributed by atoms with Crippen molar-refractivity contribution in [3.8, 4) is 0 Å². The van der Waals surface area contributed by atoms with Gasteiger partial charge in [-0.15, -0.1) is 0 Å². The first kappa shape index (κ1) is 15.2. The average Bonchev–Trinajstić information content (AvgIpc) is 2.48. The molecule has 0 spiro atoms. The van der Waals surface area contributed by atoms with Crippen molar-refractivity contribution in [1.29, 1.82) is 0 Å². The molecule has 3 nitrogen and oxygen atoms in total. The zero-order valence-corrected chi connectivity index (χ0v) is 11.8. The number of hydrogen-bond donors (Lipinski definition) is 2. The van der Waals surface area contributed by atoms with Gasteiger partial charge in [0.05, 0.1) is 6.10 Å². The van der Waals surface area contributed by atoms with Crippen LogP contribution in [0, 0.1) is 5.82 Å². The molecule has 0 aliphatic rings. The molecular weight excluding hydrogens is 269 g/mol. The standard InChI is InChI=1S/C17H18FNO2/c1-12(11-16(20)13-5-3-2-4-6-13)19-17(21)14-7-9-15(18)10-8-14/h2-10,12,16,20H,11H2,1H3,(H,19,21)/t12-,16-/m1/s1. The lowest BCUT2D eigenvalue weighted by atomic mass is 10.0. The minimum atomic E-state index is -0.630. The first-order chi connectivity index (χ1) is 10.1. The lowest BCUT2D eigenvalue weighted by Crippen LogP contribution is -2.33. The van der Waals surface area contributed by atoms with Gasteiger partial charge < -0.3 is 10.4 Å². The highest BCUT2D eigenvalue weighted by Crippen LogP contribution is 2.17. The van der Waals surface area contributed by atoms with Crippen LogP contribution < -0.4 is 5.32 Å². The number of hydrogen-bond acceptors (Lipinski definition) is 2. The first-order valence-corrected chi connectivity index (χ1v) is 6.85. The molecule has 2 aromatic rings. The van der Waals surface area contributed by atoms with Crippen molar-refractivity contribution in [2.75, 3.05) is 0 Å². The summed E-state index contributed by atoms with van der Waals surface area (Å²) in [7, 11) is 0. The molecule has 2 rings (SSSR count). The SMILES string of the molecule is C[C@H](C[C@@H](O)c1ccccc1)NC(=O)c1ccc(F)cc1. The van der Waals surface area contributed by atoms with E-state index in [0.29, 0.717) is 12.0 Å². The second-order valence-corrected chi connectivity index (χ2v) is 5.04. The van der Waals surface area contributed by atoms with E-state index < -0.39 is 6.10 Å². The van der Waals surface area contributed by atoms with Crippen molar-refractivity contribution in [3.63, 3.8) is 0 Å². The monoisotopic (exact) mass is 287 g/mol. The number of rotatable bonds is 5. The molecule has 0 bridgehead atoms. The van der Waals surface area contributed by atoms with Crippen molar-refractivity contribution in [2.45, 2.75) is 25.5 Å². The van der Waals surface area contributed by atoms with E-state index in [2.05, 4.69) is 5.32 Å². The Morgan fingerprint density at radius 3 is 2.38 bits per heavy atom. The molecule has 0 saturated heterocycles. The topological polar surface area (TPSA) is 49.3 Å². The van der Waals surface area contributed by atoms with Gasteiger partial charge in [-0.3, -0.25) is 4.79 Å². The smallest absolute Gasteiger partial charge is 0.251 e. The van der Waals surface area contributed by atoms with Crippen LogP contribution in [0.3, 0.4) is 0 Å². The maximum absolute atomic E-state index is 12.8. The first-order valence-electron chi connectivity index (χ1n) is 6.85. The summed E-state index contributed by atoms with van der Waals surface area (Å²) in [6, 6.07) is 14.5. The fourth-order valence-electron chi connectivity index (χ4n) is 2.11. The largest absolute Gasteiger partial charge is 0.388 e. The molecule has 2 aromatic carbocycles. The lowest BCUT2D eigenvalue weighted by molar-refractivity contribution is 0.0917. The van der Waals surface area contributed by atoms with Crippen LogP contribution in [0.25, 0.3) is 0 Å². The van der Waals surface area contributed by atoms with Gasteiger partial charge in [-0.05, 0) is 43.2 Å². The number of amides is 1. The van der Waals surface area contributed by atoms with Gasteiger partial charge in [-0.1, -0.05) is 30.3 Å². The number of aliphatic hydroxyl groups excluding tert-OH is 1. The number of aliphatic hydroxyl groups is 1. The van der Waals surface area contributed by atoms with E-state index in [1.165, 1.54) is 24.3 Å². The summed E-state index contributed by atoms with van der Waals surface area (Å²) in [6.07, 6.45) is -0.216. The van der Waals surface area contributed by atoms with Gasteiger partial charge in [0, 0.05) is 11.6 Å². The summed E-state index contributed by atoms with van der Waals surface area (Å²) in [4.78, 5) is 12.0. The van der Waals surface area contributed by atoms with Crippen LogP contribution in [0.4, 0.5) is 4.39 Å². The molecule has 1 amide bonds. The maximum atomic E-state index is 12.8. The Morgan fingerprint density at radius 2 is 1.76 bits per heavy atom. The fourth-order valence-corrected chi connectivity index (χ4v) is 2.11. The Kier molecular flexibility index (Phi) is 5.06. The average molecular weight is 287 g/mol. The Balaban J connectivity index is 1.91. The van der Waals surface area contributed by atoms with Crippen LogP contribution in [-0.2, 0) is 0 Å². The van der Waals surface area contributed by atoms with Crippen molar-refractivity contribution < 1.29 is 14.3 Å². The van der Waals surface area contributed by atoms with E-state index >= 15 is 0 Å². The van der Waals surface area contributed by atoms with Gasteiger partial charge >= 0.3 is 0 Å². The Morgan fingerprint density at radius 1 is 1.14 bits per heavy atom. The second kappa shape index (κ2) is 6.99. The van der Waals surface area contributed by atoms with Crippen molar-refractivity contribution in [3.05, 3.63) is 71.5 Å². The van der Waals surface area contributed by atoms with Crippen LogP contribution in [-0.4, -0.2) is 17.1 Å². The molecule has 2 N–H and O–H groups in total. The van der Waals surface area contributed by atoms with Gasteiger partial charge in [-0.2, -0.15) is 0 Å². The number of halogens is 1. The van der Waals surface area contributed by atoms with E-state index in [4.69, 9.17) is 0 Å². The maximum Gasteiger partial charge on any atom is 0.251 e. The summed E-state index contributed by atoms with van der Waals surface area (Å²) in [6.45, 7) is 1.83. The van der Waals surface area contributed by atoms with Gasteiger partial charge in [-0.25, -0.2) is 4.39 Å². The van der Waals surface area contributed by atoms with Crippen molar-refractivity contribution in [1.82, 2.24) is 5.32 Å². The Labute approximate surface area is 123 Å². The Bertz CT molecular complexity index is 583. The molecule has 0 aromatic heterocycles. The quantitative estimate of drug-likeness (QED) is 0.888. The number of carbonyl (C=O) groups excluding carboxylic acids is 1. The Hall–Kier alpha value is -2.20. The number of benzene rings is 2. The molecule has 0 heterocycles. The number of carbonyl (C=O) groups is 1. The molecule has 110 valence electrons. The highest BCUT2D eigenvalue weighted by atomic mass is 19.1. The van der Waals surface area contributed by atoms with E-state index in [0.717, 1.165) is 5.56 Å².